The fourth-order valence-electron chi connectivity index (χ4n) is 1.52. The topological polar surface area (TPSA) is 46.2 Å². The van der Waals surface area contributed by atoms with Crippen molar-refractivity contribution < 1.29 is 8.42 Å². The van der Waals surface area contributed by atoms with Crippen LogP contribution in [0.5, 0.6) is 0 Å². The van der Waals surface area contributed by atoms with Crippen LogP contribution in [0.25, 0.3) is 0 Å². The van der Waals surface area contributed by atoms with Crippen molar-refractivity contribution in [1.82, 2.24) is 4.72 Å². The highest BCUT2D eigenvalue weighted by molar-refractivity contribution is 7.89. The Morgan fingerprint density at radius 1 is 1.47 bits per heavy atom. The SMILES string of the molecule is CC(Cc1cccs1)NS(=O)(=O)CCCCCl. The van der Waals surface area contributed by atoms with Gasteiger partial charge in [0.25, 0.3) is 0 Å². The summed E-state index contributed by atoms with van der Waals surface area (Å²) in [4.78, 5) is 1.20. The fraction of sp³-hybridized carbons (Fsp3) is 0.636. The lowest BCUT2D eigenvalue weighted by Gasteiger charge is -2.13. The van der Waals surface area contributed by atoms with E-state index >= 15 is 0 Å². The molecule has 0 saturated carbocycles. The Hall–Kier alpha value is -0.100. The van der Waals surface area contributed by atoms with Gasteiger partial charge in [-0.15, -0.1) is 22.9 Å². The molecule has 1 heterocycles. The zero-order valence-electron chi connectivity index (χ0n) is 9.86. The number of hydrogen-bond acceptors (Lipinski definition) is 3. The lowest BCUT2D eigenvalue weighted by atomic mass is 10.2. The Bertz CT molecular complexity index is 403. The van der Waals surface area contributed by atoms with Gasteiger partial charge in [-0.25, -0.2) is 13.1 Å². The first kappa shape index (κ1) is 15.0. The Balaban J connectivity index is 2.36. The van der Waals surface area contributed by atoms with Crippen LogP contribution in [0.4, 0.5) is 0 Å². The maximum absolute atomic E-state index is 11.7. The van der Waals surface area contributed by atoms with Gasteiger partial charge in [-0.2, -0.15) is 0 Å². The minimum absolute atomic E-state index is 0.0605. The normalized spacial score (nSPS) is 13.8. The van der Waals surface area contributed by atoms with Gasteiger partial charge in [-0.05, 0) is 37.6 Å². The van der Waals surface area contributed by atoms with Crippen molar-refractivity contribution in [2.75, 3.05) is 11.6 Å². The molecule has 0 fully saturated rings. The third-order valence-electron chi connectivity index (χ3n) is 2.26. The minimum atomic E-state index is -3.16. The van der Waals surface area contributed by atoms with Gasteiger partial charge in [-0.1, -0.05) is 6.07 Å². The largest absolute Gasteiger partial charge is 0.212 e. The van der Waals surface area contributed by atoms with Gasteiger partial charge in [0, 0.05) is 16.8 Å². The van der Waals surface area contributed by atoms with Gasteiger partial charge >= 0.3 is 0 Å². The first-order chi connectivity index (χ1) is 8.03. The second-order valence-corrected chi connectivity index (χ2v) is 7.30. The molecule has 0 aliphatic rings. The smallest absolute Gasteiger partial charge is 0.211 e. The third-order valence-corrected chi connectivity index (χ3v) is 5.02. The zero-order valence-corrected chi connectivity index (χ0v) is 12.2. The van der Waals surface area contributed by atoms with E-state index in [0.717, 1.165) is 12.8 Å². The van der Waals surface area contributed by atoms with Crippen molar-refractivity contribution in [3.63, 3.8) is 0 Å². The summed E-state index contributed by atoms with van der Waals surface area (Å²) in [6.45, 7) is 1.89. The molecule has 1 N–H and O–H groups in total. The van der Waals surface area contributed by atoms with E-state index in [0.29, 0.717) is 12.3 Å². The predicted octanol–water partition coefficient (Wildman–Crippen LogP) is 2.62. The highest BCUT2D eigenvalue weighted by Crippen LogP contribution is 2.11. The van der Waals surface area contributed by atoms with E-state index in [4.69, 9.17) is 11.6 Å². The van der Waals surface area contributed by atoms with Crippen molar-refractivity contribution >= 4 is 33.0 Å². The first-order valence-corrected chi connectivity index (χ1v) is 8.68. The van der Waals surface area contributed by atoms with Crippen LogP contribution in [-0.4, -0.2) is 26.1 Å². The quantitative estimate of drug-likeness (QED) is 0.592. The highest BCUT2D eigenvalue weighted by atomic mass is 35.5. The van der Waals surface area contributed by atoms with Crippen LogP contribution >= 0.6 is 22.9 Å². The van der Waals surface area contributed by atoms with E-state index in [-0.39, 0.29) is 11.8 Å². The second kappa shape index (κ2) is 7.36. The van der Waals surface area contributed by atoms with E-state index in [1.54, 1.807) is 11.3 Å². The molecule has 1 unspecified atom stereocenters. The molecule has 0 amide bonds. The van der Waals surface area contributed by atoms with E-state index in [1.807, 2.05) is 24.4 Å². The Morgan fingerprint density at radius 2 is 2.24 bits per heavy atom. The van der Waals surface area contributed by atoms with Gasteiger partial charge in [0.15, 0.2) is 0 Å². The molecule has 1 aromatic heterocycles. The predicted molar refractivity (Wildman–Crippen MR) is 74.4 cm³/mol. The lowest BCUT2D eigenvalue weighted by molar-refractivity contribution is 0.558. The average molecular weight is 296 g/mol. The molecule has 0 saturated heterocycles. The number of halogens is 1. The van der Waals surface area contributed by atoms with Crippen LogP contribution in [0.15, 0.2) is 17.5 Å². The first-order valence-electron chi connectivity index (χ1n) is 5.62. The molecule has 1 rings (SSSR count). The summed E-state index contributed by atoms with van der Waals surface area (Å²) in [7, 11) is -3.16. The van der Waals surface area contributed by atoms with Crippen molar-refractivity contribution in [3.05, 3.63) is 22.4 Å². The fourth-order valence-corrected chi connectivity index (χ4v) is 3.95. The van der Waals surface area contributed by atoms with Gasteiger partial charge in [0.2, 0.25) is 10.0 Å². The number of sulfonamides is 1. The lowest BCUT2D eigenvalue weighted by Crippen LogP contribution is -2.35. The molecule has 3 nitrogen and oxygen atoms in total. The van der Waals surface area contributed by atoms with Crippen LogP contribution < -0.4 is 4.72 Å². The average Bonchev–Trinajstić information content (AvgIpc) is 2.69. The van der Waals surface area contributed by atoms with E-state index in [2.05, 4.69) is 4.72 Å². The molecule has 0 aliphatic carbocycles. The van der Waals surface area contributed by atoms with E-state index < -0.39 is 10.0 Å². The molecule has 0 radical (unpaired) electrons. The number of hydrogen-bond donors (Lipinski definition) is 1. The highest BCUT2D eigenvalue weighted by Gasteiger charge is 2.14. The number of unbranched alkanes of at least 4 members (excludes halogenated alkanes) is 1. The van der Waals surface area contributed by atoms with Crippen LogP contribution in [0, 0.1) is 0 Å². The number of rotatable bonds is 8. The monoisotopic (exact) mass is 295 g/mol. The number of thiophene rings is 1. The van der Waals surface area contributed by atoms with Crippen LogP contribution in [0.3, 0.4) is 0 Å². The van der Waals surface area contributed by atoms with Crippen LogP contribution in [-0.2, 0) is 16.4 Å². The summed E-state index contributed by atoms with van der Waals surface area (Å²) in [6, 6.07) is 3.93. The summed E-state index contributed by atoms with van der Waals surface area (Å²) >= 11 is 7.16. The number of nitrogens with one attached hydrogen (secondary N) is 1. The molecular formula is C11H18ClNO2S2. The van der Waals surface area contributed by atoms with Gasteiger partial charge < -0.3 is 0 Å². The van der Waals surface area contributed by atoms with Crippen molar-refractivity contribution in [3.8, 4) is 0 Å². The number of alkyl halides is 1. The maximum atomic E-state index is 11.7. The Kier molecular flexibility index (Phi) is 6.48. The van der Waals surface area contributed by atoms with E-state index in [9.17, 15) is 8.42 Å². The van der Waals surface area contributed by atoms with Crippen molar-refractivity contribution in [2.45, 2.75) is 32.2 Å². The third kappa shape index (κ3) is 6.41. The van der Waals surface area contributed by atoms with E-state index in [1.165, 1.54) is 4.88 Å². The molecule has 0 aromatic carbocycles. The van der Waals surface area contributed by atoms with Gasteiger partial charge in [0.1, 0.15) is 0 Å². The van der Waals surface area contributed by atoms with Crippen molar-refractivity contribution in [1.29, 1.82) is 0 Å². The molecule has 1 aromatic rings. The summed E-state index contributed by atoms with van der Waals surface area (Å²) in [5, 5.41) is 2.00. The second-order valence-electron chi connectivity index (χ2n) is 4.02. The van der Waals surface area contributed by atoms with Crippen LogP contribution in [0.2, 0.25) is 0 Å². The standard InChI is InChI=1S/C11H18ClNO2S2/c1-10(9-11-5-4-7-16-11)13-17(14,15)8-3-2-6-12/h4-5,7,10,13H,2-3,6,8-9H2,1H3. The minimum Gasteiger partial charge on any atom is -0.212 e. The summed E-state index contributed by atoms with van der Waals surface area (Å²) in [5.41, 5.74) is 0. The molecule has 0 aliphatic heterocycles. The van der Waals surface area contributed by atoms with Gasteiger partial charge in [0.05, 0.1) is 5.75 Å². The molecule has 6 heteroatoms. The molecule has 98 valence electrons. The molecule has 0 bridgehead atoms. The summed E-state index contributed by atoms with van der Waals surface area (Å²) in [5.74, 6) is 0.675. The van der Waals surface area contributed by atoms with Gasteiger partial charge in [-0.3, -0.25) is 0 Å². The maximum Gasteiger partial charge on any atom is 0.211 e. The molecule has 17 heavy (non-hydrogen) atoms. The Labute approximate surface area is 112 Å². The molecular weight excluding hydrogens is 278 g/mol. The van der Waals surface area contributed by atoms with Crippen molar-refractivity contribution in [2.24, 2.45) is 0 Å². The zero-order chi connectivity index (χ0) is 12.7. The van der Waals surface area contributed by atoms with Crippen LogP contribution in [0.1, 0.15) is 24.6 Å². The molecule has 0 spiro atoms. The Morgan fingerprint density at radius 3 is 2.82 bits per heavy atom. The molecule has 1 atom stereocenters. The summed E-state index contributed by atoms with van der Waals surface area (Å²) < 4.78 is 26.1. The summed E-state index contributed by atoms with van der Waals surface area (Å²) in [6.07, 6.45) is 2.10.